The van der Waals surface area contributed by atoms with E-state index in [9.17, 15) is 0 Å². The summed E-state index contributed by atoms with van der Waals surface area (Å²) in [6, 6.07) is 7.07. The summed E-state index contributed by atoms with van der Waals surface area (Å²) in [5.41, 5.74) is 3.80. The number of fused-ring (bicyclic) bond motifs is 4. The van der Waals surface area contributed by atoms with Crippen LogP contribution in [0, 0.1) is 0 Å². The van der Waals surface area contributed by atoms with Crippen molar-refractivity contribution in [2.45, 2.75) is 50.7 Å². The predicted octanol–water partition coefficient (Wildman–Crippen LogP) is 3.36. The Morgan fingerprint density at radius 2 is 1.96 bits per heavy atom. The van der Waals surface area contributed by atoms with Gasteiger partial charge in [-0.3, -0.25) is 4.90 Å². The maximum absolute atomic E-state index is 5.63. The van der Waals surface area contributed by atoms with E-state index in [0.29, 0.717) is 12.1 Å². The first-order valence-corrected chi connectivity index (χ1v) is 10.3. The molecule has 28 heavy (non-hydrogen) atoms. The lowest BCUT2D eigenvalue weighted by atomic mass is 9.98. The average Bonchev–Trinajstić information content (AvgIpc) is 3.36. The van der Waals surface area contributed by atoms with Gasteiger partial charge in [-0.1, -0.05) is 6.07 Å². The van der Waals surface area contributed by atoms with Gasteiger partial charge in [-0.05, 0) is 31.7 Å². The van der Waals surface area contributed by atoms with Gasteiger partial charge in [-0.25, -0.2) is 9.97 Å². The Balaban J connectivity index is 1.40. The van der Waals surface area contributed by atoms with Gasteiger partial charge in [0.25, 0.3) is 0 Å². The average molecular weight is 380 g/mol. The van der Waals surface area contributed by atoms with Gasteiger partial charge >= 0.3 is 0 Å². The van der Waals surface area contributed by atoms with Crippen molar-refractivity contribution in [1.82, 2.24) is 14.9 Å². The number of benzene rings is 1. The topological polar surface area (TPSA) is 50.7 Å². The molecule has 3 aliphatic rings. The zero-order valence-corrected chi connectivity index (χ0v) is 16.7. The summed E-state index contributed by atoms with van der Waals surface area (Å²) in [6.07, 6.45) is 8.03. The van der Waals surface area contributed by atoms with Gasteiger partial charge in [0.2, 0.25) is 5.95 Å². The number of hydrogen-bond donors (Lipinski definition) is 0. The Labute approximate surface area is 166 Å². The van der Waals surface area contributed by atoms with Crippen LogP contribution in [-0.4, -0.2) is 48.2 Å². The molecule has 6 heteroatoms. The normalized spacial score (nSPS) is 23.7. The smallest absolute Gasteiger partial charge is 0.225 e. The summed E-state index contributed by atoms with van der Waals surface area (Å²) in [4.78, 5) is 14.7. The van der Waals surface area contributed by atoms with E-state index < -0.39 is 0 Å². The molecule has 0 aliphatic carbocycles. The van der Waals surface area contributed by atoms with E-state index in [2.05, 4.69) is 22.1 Å². The van der Waals surface area contributed by atoms with Crippen LogP contribution in [0.15, 0.2) is 24.4 Å². The Morgan fingerprint density at radius 3 is 2.75 bits per heavy atom. The molecule has 0 saturated carbocycles. The van der Waals surface area contributed by atoms with Crippen molar-refractivity contribution in [3.63, 3.8) is 0 Å². The molecule has 2 atom stereocenters. The molecule has 2 fully saturated rings. The first-order valence-electron chi connectivity index (χ1n) is 10.3. The van der Waals surface area contributed by atoms with E-state index >= 15 is 0 Å². The highest BCUT2D eigenvalue weighted by atomic mass is 16.5. The molecule has 2 saturated heterocycles. The number of anilines is 1. The van der Waals surface area contributed by atoms with Crippen LogP contribution in [0.3, 0.4) is 0 Å². The van der Waals surface area contributed by atoms with Crippen molar-refractivity contribution in [3.8, 4) is 11.5 Å². The minimum atomic E-state index is 0.410. The molecule has 6 nitrogen and oxygen atoms in total. The summed E-state index contributed by atoms with van der Waals surface area (Å²) in [5.74, 6) is 2.65. The molecule has 2 aromatic rings. The van der Waals surface area contributed by atoms with E-state index in [1.165, 1.54) is 42.5 Å². The van der Waals surface area contributed by atoms with E-state index in [4.69, 9.17) is 19.4 Å². The number of nitrogens with zero attached hydrogens (tertiary/aromatic N) is 4. The van der Waals surface area contributed by atoms with Crippen molar-refractivity contribution in [2.75, 3.05) is 32.2 Å². The fraction of sp³-hybridized carbons (Fsp3) is 0.545. The second-order valence-corrected chi connectivity index (χ2v) is 8.07. The highest BCUT2D eigenvalue weighted by Crippen LogP contribution is 2.44. The van der Waals surface area contributed by atoms with Gasteiger partial charge in [-0.2, -0.15) is 0 Å². The third-order valence-electron chi connectivity index (χ3n) is 6.55. The van der Waals surface area contributed by atoms with Gasteiger partial charge in [0, 0.05) is 61.5 Å². The minimum Gasteiger partial charge on any atom is -0.497 e. The Kier molecular flexibility index (Phi) is 4.59. The SMILES string of the molecule is COc1ccc(CN2[C@@H]3CC[C@@H]2c2cnc(N4CCCC4)nc2C3)c(OC)c1. The molecule has 0 N–H and O–H groups in total. The Bertz CT molecular complexity index is 866. The number of rotatable bonds is 5. The highest BCUT2D eigenvalue weighted by Gasteiger charge is 2.41. The molecule has 1 aromatic heterocycles. The largest absolute Gasteiger partial charge is 0.497 e. The third-order valence-corrected chi connectivity index (χ3v) is 6.55. The van der Waals surface area contributed by atoms with Crippen LogP contribution in [-0.2, 0) is 13.0 Å². The van der Waals surface area contributed by atoms with Crippen molar-refractivity contribution in [1.29, 1.82) is 0 Å². The van der Waals surface area contributed by atoms with Crippen molar-refractivity contribution >= 4 is 5.95 Å². The predicted molar refractivity (Wildman–Crippen MR) is 108 cm³/mol. The Hall–Kier alpha value is -2.34. The molecule has 4 heterocycles. The summed E-state index contributed by atoms with van der Waals surface area (Å²) in [5, 5.41) is 0. The zero-order valence-electron chi connectivity index (χ0n) is 16.7. The summed E-state index contributed by atoms with van der Waals surface area (Å²) < 4.78 is 11.0. The van der Waals surface area contributed by atoms with Crippen LogP contribution in [0.4, 0.5) is 5.95 Å². The van der Waals surface area contributed by atoms with Crippen molar-refractivity contribution in [3.05, 3.63) is 41.2 Å². The molecule has 3 aliphatic heterocycles. The molecule has 0 radical (unpaired) electrons. The zero-order chi connectivity index (χ0) is 19.1. The molecule has 5 rings (SSSR count). The third kappa shape index (κ3) is 3.00. The summed E-state index contributed by atoms with van der Waals surface area (Å²) in [6.45, 7) is 3.07. The standard InChI is InChI=1S/C22H28N4O2/c1-27-17-7-5-15(21(12-17)28-2)14-26-16-6-8-20(26)18-13-23-22(24-19(18)11-16)25-9-3-4-10-25/h5,7,12-13,16,20H,3-4,6,8-11,14H2,1-2H3/t16-,20-/m1/s1. The van der Waals surface area contributed by atoms with Crippen LogP contribution < -0.4 is 14.4 Å². The van der Waals surface area contributed by atoms with Crippen LogP contribution in [0.25, 0.3) is 0 Å². The first kappa shape index (κ1) is 17.7. The molecule has 1 aromatic carbocycles. The van der Waals surface area contributed by atoms with E-state index in [-0.39, 0.29) is 0 Å². The second-order valence-electron chi connectivity index (χ2n) is 8.07. The van der Waals surface area contributed by atoms with Crippen LogP contribution in [0.2, 0.25) is 0 Å². The second kappa shape index (κ2) is 7.24. The van der Waals surface area contributed by atoms with Gasteiger partial charge in [0.05, 0.1) is 19.9 Å². The van der Waals surface area contributed by atoms with Gasteiger partial charge in [0.1, 0.15) is 11.5 Å². The Morgan fingerprint density at radius 1 is 1.11 bits per heavy atom. The van der Waals surface area contributed by atoms with E-state index in [1.54, 1.807) is 14.2 Å². The fourth-order valence-electron chi connectivity index (χ4n) is 5.06. The number of methoxy groups -OCH3 is 2. The number of hydrogen-bond acceptors (Lipinski definition) is 6. The summed E-state index contributed by atoms with van der Waals surface area (Å²) in [7, 11) is 3.42. The van der Waals surface area contributed by atoms with E-state index in [1.807, 2.05) is 12.1 Å². The maximum Gasteiger partial charge on any atom is 0.225 e. The van der Waals surface area contributed by atoms with Crippen molar-refractivity contribution in [2.24, 2.45) is 0 Å². The molecule has 0 spiro atoms. The lowest BCUT2D eigenvalue weighted by molar-refractivity contribution is 0.164. The highest BCUT2D eigenvalue weighted by molar-refractivity contribution is 5.42. The lowest BCUT2D eigenvalue weighted by Crippen LogP contribution is -2.38. The van der Waals surface area contributed by atoms with Crippen molar-refractivity contribution < 1.29 is 9.47 Å². The van der Waals surface area contributed by atoms with Crippen LogP contribution >= 0.6 is 0 Å². The minimum absolute atomic E-state index is 0.410. The summed E-state index contributed by atoms with van der Waals surface area (Å²) >= 11 is 0. The quantitative estimate of drug-likeness (QED) is 0.793. The van der Waals surface area contributed by atoms with E-state index in [0.717, 1.165) is 43.5 Å². The molecular weight excluding hydrogens is 352 g/mol. The van der Waals surface area contributed by atoms with Crippen LogP contribution in [0.5, 0.6) is 11.5 Å². The maximum atomic E-state index is 5.63. The fourth-order valence-corrected chi connectivity index (χ4v) is 5.06. The van der Waals surface area contributed by atoms with Gasteiger partial charge in [-0.15, -0.1) is 0 Å². The molecule has 2 bridgehead atoms. The number of aromatic nitrogens is 2. The molecule has 0 amide bonds. The molecule has 148 valence electrons. The first-order chi connectivity index (χ1) is 13.8. The lowest BCUT2D eigenvalue weighted by Gasteiger charge is -2.36. The van der Waals surface area contributed by atoms with Crippen LogP contribution in [0.1, 0.15) is 48.5 Å². The monoisotopic (exact) mass is 380 g/mol. The molecular formula is C22H28N4O2. The van der Waals surface area contributed by atoms with Gasteiger partial charge in [0.15, 0.2) is 0 Å². The van der Waals surface area contributed by atoms with Gasteiger partial charge < -0.3 is 14.4 Å². The molecule has 0 unspecified atom stereocenters. The number of ether oxygens (including phenoxy) is 2.